The Morgan fingerprint density at radius 1 is 0.733 bits per heavy atom. The van der Waals surface area contributed by atoms with Crippen LogP contribution >= 0.6 is 0 Å². The van der Waals surface area contributed by atoms with Crippen LogP contribution in [0.15, 0.2) is 24.7 Å². The van der Waals surface area contributed by atoms with E-state index < -0.39 is 0 Å². The fourth-order valence-electron chi connectivity index (χ4n) is 3.46. The molecule has 0 radical (unpaired) electrons. The fraction of sp³-hybridized carbons (Fsp3) is 0.474. The molecule has 5 heterocycles. The first-order valence-electron chi connectivity index (χ1n) is 10.0. The van der Waals surface area contributed by atoms with Crippen LogP contribution in [0.25, 0.3) is 17.5 Å². The second-order valence-corrected chi connectivity index (χ2v) is 7.04. The first-order valence-corrected chi connectivity index (χ1v) is 10.0. The van der Waals surface area contributed by atoms with Crippen LogP contribution in [-0.4, -0.2) is 87.1 Å². The first kappa shape index (κ1) is 18.8. The van der Waals surface area contributed by atoms with Gasteiger partial charge in [0.25, 0.3) is 0 Å². The van der Waals surface area contributed by atoms with E-state index in [2.05, 4.69) is 19.8 Å². The number of aromatic nitrogens is 7. The lowest BCUT2D eigenvalue weighted by atomic mass is 10.3. The fourth-order valence-corrected chi connectivity index (χ4v) is 3.46. The molecule has 0 atom stereocenters. The predicted molar refractivity (Wildman–Crippen MR) is 109 cm³/mol. The van der Waals surface area contributed by atoms with E-state index in [-0.39, 0.29) is 0 Å². The maximum Gasteiger partial charge on any atom is 0.235 e. The quantitative estimate of drug-likeness (QED) is 0.604. The zero-order valence-corrected chi connectivity index (χ0v) is 16.8. The van der Waals surface area contributed by atoms with Gasteiger partial charge in [-0.25, -0.2) is 15.0 Å². The number of ether oxygens (including phenoxy) is 2. The molecule has 0 bridgehead atoms. The molecule has 0 aliphatic carbocycles. The van der Waals surface area contributed by atoms with E-state index in [0.717, 1.165) is 32.0 Å². The Kier molecular flexibility index (Phi) is 5.20. The normalized spacial score (nSPS) is 17.4. The van der Waals surface area contributed by atoms with E-state index in [4.69, 9.17) is 29.4 Å². The Labute approximate surface area is 173 Å². The minimum absolute atomic E-state index is 0.523. The van der Waals surface area contributed by atoms with Crippen molar-refractivity contribution in [2.45, 2.75) is 6.92 Å². The van der Waals surface area contributed by atoms with Gasteiger partial charge in [-0.05, 0) is 13.0 Å². The standard InChI is InChI=1S/C19H23N9O2/c1-14-20-4-5-28(14)17-21-3-2-15(22-17)16-23-18(26-6-10-29-11-7-26)25-19(24-16)27-8-12-30-13-9-27/h2-5H,6-13H2,1H3. The third-order valence-corrected chi connectivity index (χ3v) is 5.11. The van der Waals surface area contributed by atoms with Gasteiger partial charge in [-0.1, -0.05) is 0 Å². The highest BCUT2D eigenvalue weighted by molar-refractivity contribution is 5.55. The lowest BCUT2D eigenvalue weighted by molar-refractivity contribution is 0.121. The predicted octanol–water partition coefficient (Wildman–Crippen LogP) is 0.496. The van der Waals surface area contributed by atoms with Crippen LogP contribution in [0, 0.1) is 6.92 Å². The molecule has 0 unspecified atom stereocenters. The lowest BCUT2D eigenvalue weighted by Gasteiger charge is -2.30. The van der Waals surface area contributed by atoms with Crippen LogP contribution in [-0.2, 0) is 9.47 Å². The number of hydrogen-bond acceptors (Lipinski definition) is 10. The van der Waals surface area contributed by atoms with Gasteiger partial charge in [0, 0.05) is 44.8 Å². The molecule has 0 spiro atoms. The number of nitrogens with zero attached hydrogens (tertiary/aromatic N) is 9. The van der Waals surface area contributed by atoms with Gasteiger partial charge >= 0.3 is 0 Å². The molecule has 156 valence electrons. The minimum atomic E-state index is 0.523. The van der Waals surface area contributed by atoms with Gasteiger partial charge in [0.2, 0.25) is 17.8 Å². The van der Waals surface area contributed by atoms with Crippen LogP contribution in [0.5, 0.6) is 0 Å². The average Bonchev–Trinajstić information content (AvgIpc) is 3.26. The summed E-state index contributed by atoms with van der Waals surface area (Å²) in [7, 11) is 0. The molecule has 2 aliphatic rings. The summed E-state index contributed by atoms with van der Waals surface area (Å²) in [5.41, 5.74) is 0.638. The lowest BCUT2D eigenvalue weighted by Crippen LogP contribution is -2.40. The maximum atomic E-state index is 5.48. The Hall–Kier alpha value is -3.18. The Balaban J connectivity index is 1.55. The van der Waals surface area contributed by atoms with Gasteiger partial charge < -0.3 is 19.3 Å². The van der Waals surface area contributed by atoms with Crippen molar-refractivity contribution in [1.29, 1.82) is 0 Å². The number of anilines is 2. The molecule has 30 heavy (non-hydrogen) atoms. The molecule has 0 amide bonds. The summed E-state index contributed by atoms with van der Waals surface area (Å²) in [4.78, 5) is 31.8. The van der Waals surface area contributed by atoms with Gasteiger partial charge in [-0.15, -0.1) is 0 Å². The molecule has 3 aromatic heterocycles. The maximum absolute atomic E-state index is 5.48. The topological polar surface area (TPSA) is 107 Å². The molecular weight excluding hydrogens is 386 g/mol. The van der Waals surface area contributed by atoms with E-state index >= 15 is 0 Å². The second kappa shape index (κ2) is 8.28. The largest absolute Gasteiger partial charge is 0.378 e. The molecule has 2 saturated heterocycles. The SMILES string of the molecule is Cc1nccn1-c1nccc(-c2nc(N3CCOCC3)nc(N3CCOCC3)n2)n1. The molecule has 2 aliphatic heterocycles. The highest BCUT2D eigenvalue weighted by Crippen LogP contribution is 2.22. The van der Waals surface area contributed by atoms with Crippen LogP contribution < -0.4 is 9.80 Å². The second-order valence-electron chi connectivity index (χ2n) is 7.04. The van der Waals surface area contributed by atoms with E-state index in [1.807, 2.05) is 23.8 Å². The molecule has 3 aromatic rings. The van der Waals surface area contributed by atoms with E-state index in [0.29, 0.717) is 55.8 Å². The Morgan fingerprint density at radius 2 is 1.37 bits per heavy atom. The molecule has 11 nitrogen and oxygen atoms in total. The number of aryl methyl sites for hydroxylation is 1. The number of imidazole rings is 1. The molecule has 0 aromatic carbocycles. The molecular formula is C19H23N9O2. The van der Waals surface area contributed by atoms with E-state index in [1.54, 1.807) is 12.4 Å². The van der Waals surface area contributed by atoms with Crippen molar-refractivity contribution in [1.82, 2.24) is 34.5 Å². The molecule has 2 fully saturated rings. The number of rotatable bonds is 4. The van der Waals surface area contributed by atoms with Gasteiger partial charge in [0.05, 0.1) is 26.4 Å². The van der Waals surface area contributed by atoms with Crippen LogP contribution in [0.3, 0.4) is 0 Å². The van der Waals surface area contributed by atoms with Crippen molar-refractivity contribution in [3.63, 3.8) is 0 Å². The Morgan fingerprint density at radius 3 is 1.93 bits per heavy atom. The van der Waals surface area contributed by atoms with Crippen molar-refractivity contribution in [3.8, 4) is 17.5 Å². The summed E-state index contributed by atoms with van der Waals surface area (Å²) in [6.45, 7) is 7.52. The zero-order chi connectivity index (χ0) is 20.3. The summed E-state index contributed by atoms with van der Waals surface area (Å²) >= 11 is 0. The zero-order valence-electron chi connectivity index (χ0n) is 16.8. The van der Waals surface area contributed by atoms with Crippen LogP contribution in [0.4, 0.5) is 11.9 Å². The summed E-state index contributed by atoms with van der Waals surface area (Å²) in [6.07, 6.45) is 5.27. The van der Waals surface area contributed by atoms with Gasteiger partial charge in [0.1, 0.15) is 11.5 Å². The van der Waals surface area contributed by atoms with Gasteiger partial charge in [-0.2, -0.15) is 15.0 Å². The van der Waals surface area contributed by atoms with Crippen molar-refractivity contribution < 1.29 is 9.47 Å². The summed E-state index contributed by atoms with van der Waals surface area (Å²) in [5.74, 6) is 3.15. The summed E-state index contributed by atoms with van der Waals surface area (Å²) < 4.78 is 12.8. The smallest absolute Gasteiger partial charge is 0.235 e. The molecule has 5 rings (SSSR count). The van der Waals surface area contributed by atoms with Crippen molar-refractivity contribution in [2.24, 2.45) is 0 Å². The van der Waals surface area contributed by atoms with Crippen LogP contribution in [0.2, 0.25) is 0 Å². The van der Waals surface area contributed by atoms with E-state index in [9.17, 15) is 0 Å². The minimum Gasteiger partial charge on any atom is -0.378 e. The van der Waals surface area contributed by atoms with Crippen molar-refractivity contribution in [3.05, 3.63) is 30.5 Å². The first-order chi connectivity index (χ1) is 14.8. The molecule has 0 N–H and O–H groups in total. The van der Waals surface area contributed by atoms with Gasteiger partial charge in [0.15, 0.2) is 5.82 Å². The summed E-state index contributed by atoms with van der Waals surface area (Å²) in [6, 6.07) is 1.82. The summed E-state index contributed by atoms with van der Waals surface area (Å²) in [5, 5.41) is 0. The van der Waals surface area contributed by atoms with Crippen molar-refractivity contribution in [2.75, 3.05) is 62.4 Å². The Bertz CT molecular complexity index is 976. The highest BCUT2D eigenvalue weighted by Gasteiger charge is 2.22. The average molecular weight is 409 g/mol. The number of morpholine rings is 2. The van der Waals surface area contributed by atoms with E-state index in [1.165, 1.54) is 0 Å². The third kappa shape index (κ3) is 3.81. The highest BCUT2D eigenvalue weighted by atomic mass is 16.5. The van der Waals surface area contributed by atoms with Crippen molar-refractivity contribution >= 4 is 11.9 Å². The third-order valence-electron chi connectivity index (χ3n) is 5.11. The molecule has 11 heteroatoms. The molecule has 0 saturated carbocycles. The number of hydrogen-bond donors (Lipinski definition) is 0. The monoisotopic (exact) mass is 409 g/mol. The van der Waals surface area contributed by atoms with Crippen LogP contribution in [0.1, 0.15) is 5.82 Å². The van der Waals surface area contributed by atoms with Gasteiger partial charge in [-0.3, -0.25) is 4.57 Å².